The summed E-state index contributed by atoms with van der Waals surface area (Å²) in [4.78, 5) is 0. The van der Waals surface area contributed by atoms with Gasteiger partial charge in [-0.05, 0) is 78.9 Å². The predicted octanol–water partition coefficient (Wildman–Crippen LogP) is 4.39. The van der Waals surface area contributed by atoms with Gasteiger partial charge in [0.05, 0.1) is 0 Å². The lowest BCUT2D eigenvalue weighted by Gasteiger charge is -2.16. The standard InChI is InChI=1S/C15H24IN/c1-3-12-17-15(4-2)7-5-6-13-8-10-14(16)11-9-13/h8-11,15,17H,3-7,12H2,1-2H3. The fourth-order valence-electron chi connectivity index (χ4n) is 2.00. The molecule has 1 unspecified atom stereocenters. The molecule has 1 nitrogen and oxygen atoms in total. The van der Waals surface area contributed by atoms with Gasteiger partial charge < -0.3 is 5.32 Å². The third-order valence-electron chi connectivity index (χ3n) is 3.11. The summed E-state index contributed by atoms with van der Waals surface area (Å²) in [5, 5.41) is 3.61. The zero-order chi connectivity index (χ0) is 12.5. The quantitative estimate of drug-likeness (QED) is 0.689. The van der Waals surface area contributed by atoms with Crippen molar-refractivity contribution in [2.45, 2.75) is 52.0 Å². The monoisotopic (exact) mass is 345 g/mol. The number of aryl methyl sites for hydroxylation is 1. The van der Waals surface area contributed by atoms with E-state index in [0.29, 0.717) is 6.04 Å². The molecule has 0 heterocycles. The third kappa shape index (κ3) is 6.41. The first kappa shape index (κ1) is 15.0. The Morgan fingerprint density at radius 2 is 1.88 bits per heavy atom. The van der Waals surface area contributed by atoms with E-state index in [-0.39, 0.29) is 0 Å². The number of nitrogens with one attached hydrogen (secondary N) is 1. The van der Waals surface area contributed by atoms with Gasteiger partial charge in [0.1, 0.15) is 0 Å². The third-order valence-corrected chi connectivity index (χ3v) is 3.83. The SMILES string of the molecule is CCCNC(CC)CCCc1ccc(I)cc1. The molecule has 0 spiro atoms. The summed E-state index contributed by atoms with van der Waals surface area (Å²) >= 11 is 2.36. The summed E-state index contributed by atoms with van der Waals surface area (Å²) in [5.74, 6) is 0. The van der Waals surface area contributed by atoms with Crippen LogP contribution in [0.4, 0.5) is 0 Å². The van der Waals surface area contributed by atoms with Crippen LogP contribution in [0.3, 0.4) is 0 Å². The van der Waals surface area contributed by atoms with Gasteiger partial charge >= 0.3 is 0 Å². The number of hydrogen-bond acceptors (Lipinski definition) is 1. The van der Waals surface area contributed by atoms with Crippen molar-refractivity contribution in [3.8, 4) is 0 Å². The Hall–Kier alpha value is -0.0900. The van der Waals surface area contributed by atoms with E-state index in [2.05, 4.69) is 66.0 Å². The van der Waals surface area contributed by atoms with Crippen molar-refractivity contribution in [3.63, 3.8) is 0 Å². The molecule has 0 saturated carbocycles. The Kier molecular flexibility index (Phi) is 7.86. The van der Waals surface area contributed by atoms with Gasteiger partial charge in [0, 0.05) is 9.61 Å². The van der Waals surface area contributed by atoms with Crippen LogP contribution in [0, 0.1) is 3.57 Å². The smallest absolute Gasteiger partial charge is 0.0130 e. The second-order valence-electron chi connectivity index (χ2n) is 4.58. The minimum absolute atomic E-state index is 0.707. The van der Waals surface area contributed by atoms with E-state index < -0.39 is 0 Å². The summed E-state index contributed by atoms with van der Waals surface area (Å²) in [6.45, 7) is 5.66. The predicted molar refractivity (Wildman–Crippen MR) is 84.5 cm³/mol. The summed E-state index contributed by atoms with van der Waals surface area (Å²) in [7, 11) is 0. The Morgan fingerprint density at radius 3 is 2.47 bits per heavy atom. The first-order valence-electron chi connectivity index (χ1n) is 6.74. The maximum Gasteiger partial charge on any atom is 0.0130 e. The van der Waals surface area contributed by atoms with E-state index in [0.717, 1.165) is 6.54 Å². The van der Waals surface area contributed by atoms with Crippen LogP contribution < -0.4 is 5.32 Å². The summed E-state index contributed by atoms with van der Waals surface area (Å²) in [6, 6.07) is 9.61. The minimum Gasteiger partial charge on any atom is -0.314 e. The maximum absolute atomic E-state index is 3.61. The average molecular weight is 345 g/mol. The Morgan fingerprint density at radius 1 is 1.18 bits per heavy atom. The number of halogens is 1. The lowest BCUT2D eigenvalue weighted by molar-refractivity contribution is 0.456. The molecule has 2 heteroatoms. The molecule has 17 heavy (non-hydrogen) atoms. The molecule has 0 aliphatic carbocycles. The second-order valence-corrected chi connectivity index (χ2v) is 5.82. The first-order valence-corrected chi connectivity index (χ1v) is 7.82. The van der Waals surface area contributed by atoms with Gasteiger partial charge in [-0.15, -0.1) is 0 Å². The molecule has 0 amide bonds. The zero-order valence-electron chi connectivity index (χ0n) is 11.0. The first-order chi connectivity index (χ1) is 8.26. The van der Waals surface area contributed by atoms with Gasteiger partial charge in [0.25, 0.3) is 0 Å². The summed E-state index contributed by atoms with van der Waals surface area (Å²) in [5.41, 5.74) is 1.47. The molecule has 1 aromatic carbocycles. The highest BCUT2D eigenvalue weighted by Crippen LogP contribution is 2.11. The van der Waals surface area contributed by atoms with Crippen molar-refractivity contribution in [2.24, 2.45) is 0 Å². The number of rotatable bonds is 8. The molecule has 0 radical (unpaired) electrons. The molecule has 0 aliphatic rings. The lowest BCUT2D eigenvalue weighted by Crippen LogP contribution is -2.29. The Balaban J connectivity index is 2.23. The number of hydrogen-bond donors (Lipinski definition) is 1. The topological polar surface area (TPSA) is 12.0 Å². The molecule has 0 aliphatic heterocycles. The largest absolute Gasteiger partial charge is 0.314 e. The van der Waals surface area contributed by atoms with Crippen molar-refractivity contribution >= 4 is 22.6 Å². The number of benzene rings is 1. The fourth-order valence-corrected chi connectivity index (χ4v) is 2.36. The van der Waals surface area contributed by atoms with Crippen LogP contribution in [0.5, 0.6) is 0 Å². The average Bonchev–Trinajstić information content (AvgIpc) is 2.36. The van der Waals surface area contributed by atoms with E-state index in [1.165, 1.54) is 41.2 Å². The molecule has 0 bridgehead atoms. The molecular formula is C15H24IN. The van der Waals surface area contributed by atoms with Crippen molar-refractivity contribution < 1.29 is 0 Å². The molecule has 1 aromatic rings. The van der Waals surface area contributed by atoms with Crippen molar-refractivity contribution in [2.75, 3.05) is 6.54 Å². The zero-order valence-corrected chi connectivity index (χ0v) is 13.2. The van der Waals surface area contributed by atoms with Crippen LogP contribution in [-0.2, 0) is 6.42 Å². The van der Waals surface area contributed by atoms with Crippen LogP contribution in [-0.4, -0.2) is 12.6 Å². The van der Waals surface area contributed by atoms with Crippen LogP contribution in [0.15, 0.2) is 24.3 Å². The van der Waals surface area contributed by atoms with Crippen LogP contribution in [0.2, 0.25) is 0 Å². The van der Waals surface area contributed by atoms with Gasteiger partial charge in [0.2, 0.25) is 0 Å². The van der Waals surface area contributed by atoms with E-state index in [1.807, 2.05) is 0 Å². The van der Waals surface area contributed by atoms with Crippen molar-refractivity contribution in [1.29, 1.82) is 0 Å². The van der Waals surface area contributed by atoms with E-state index in [4.69, 9.17) is 0 Å². The van der Waals surface area contributed by atoms with Crippen LogP contribution in [0.25, 0.3) is 0 Å². The highest BCUT2D eigenvalue weighted by Gasteiger charge is 2.04. The second kappa shape index (κ2) is 8.92. The molecular weight excluding hydrogens is 321 g/mol. The van der Waals surface area contributed by atoms with Gasteiger partial charge in [-0.2, -0.15) is 0 Å². The molecule has 0 aromatic heterocycles. The molecule has 1 rings (SSSR count). The maximum atomic E-state index is 3.61. The van der Waals surface area contributed by atoms with Crippen LogP contribution >= 0.6 is 22.6 Å². The van der Waals surface area contributed by atoms with E-state index in [1.54, 1.807) is 0 Å². The highest BCUT2D eigenvalue weighted by molar-refractivity contribution is 14.1. The summed E-state index contributed by atoms with van der Waals surface area (Å²) < 4.78 is 1.32. The highest BCUT2D eigenvalue weighted by atomic mass is 127. The fraction of sp³-hybridized carbons (Fsp3) is 0.600. The van der Waals surface area contributed by atoms with E-state index in [9.17, 15) is 0 Å². The molecule has 96 valence electrons. The van der Waals surface area contributed by atoms with Crippen LogP contribution in [0.1, 0.15) is 45.1 Å². The van der Waals surface area contributed by atoms with E-state index >= 15 is 0 Å². The summed E-state index contributed by atoms with van der Waals surface area (Å²) in [6.07, 6.45) is 6.26. The molecule has 0 fully saturated rings. The normalized spacial score (nSPS) is 12.6. The molecule has 1 N–H and O–H groups in total. The van der Waals surface area contributed by atoms with Gasteiger partial charge in [-0.25, -0.2) is 0 Å². The molecule has 0 saturated heterocycles. The van der Waals surface area contributed by atoms with Crippen molar-refractivity contribution in [1.82, 2.24) is 5.32 Å². The lowest BCUT2D eigenvalue weighted by atomic mass is 10.0. The van der Waals surface area contributed by atoms with Gasteiger partial charge in [0.15, 0.2) is 0 Å². The van der Waals surface area contributed by atoms with Crippen molar-refractivity contribution in [3.05, 3.63) is 33.4 Å². The Bertz CT molecular complexity index is 294. The van der Waals surface area contributed by atoms with Gasteiger partial charge in [-0.1, -0.05) is 26.0 Å². The minimum atomic E-state index is 0.707. The van der Waals surface area contributed by atoms with Gasteiger partial charge in [-0.3, -0.25) is 0 Å². The Labute approximate surface area is 120 Å². The molecule has 1 atom stereocenters.